The van der Waals surface area contributed by atoms with Crippen molar-refractivity contribution in [3.8, 4) is 0 Å². The maximum absolute atomic E-state index is 13.1. The van der Waals surface area contributed by atoms with Crippen LogP contribution in [0, 0.1) is 11.7 Å². The zero-order valence-electron chi connectivity index (χ0n) is 15.2. The van der Waals surface area contributed by atoms with Crippen molar-refractivity contribution in [2.24, 2.45) is 5.92 Å². The Morgan fingerprint density at radius 1 is 1.15 bits per heavy atom. The monoisotopic (exact) mass is 390 g/mol. The van der Waals surface area contributed by atoms with Crippen LogP contribution in [0.25, 0.3) is 0 Å². The number of amides is 1. The van der Waals surface area contributed by atoms with Crippen molar-refractivity contribution in [1.29, 1.82) is 0 Å². The molecule has 5 nitrogen and oxygen atoms in total. The van der Waals surface area contributed by atoms with Crippen molar-refractivity contribution < 1.29 is 17.6 Å². The molecule has 1 atom stereocenters. The summed E-state index contributed by atoms with van der Waals surface area (Å²) >= 11 is 0. The van der Waals surface area contributed by atoms with Crippen molar-refractivity contribution in [2.75, 3.05) is 18.4 Å². The highest BCUT2D eigenvalue weighted by Crippen LogP contribution is 2.25. The number of carbonyl (C=O) groups excluding carboxylic acids is 1. The highest BCUT2D eigenvalue weighted by Gasteiger charge is 2.33. The molecule has 0 aromatic heterocycles. The first-order valence-corrected chi connectivity index (χ1v) is 10.5. The first-order chi connectivity index (χ1) is 12.9. The van der Waals surface area contributed by atoms with E-state index in [2.05, 4.69) is 12.2 Å². The van der Waals surface area contributed by atoms with Crippen molar-refractivity contribution >= 4 is 21.6 Å². The minimum Gasteiger partial charge on any atom is -0.326 e. The molecule has 2 aromatic rings. The van der Waals surface area contributed by atoms with Gasteiger partial charge in [-0.1, -0.05) is 19.1 Å². The van der Waals surface area contributed by atoms with Crippen LogP contribution in [0.1, 0.15) is 25.3 Å². The van der Waals surface area contributed by atoms with Gasteiger partial charge in [-0.2, -0.15) is 4.31 Å². The third-order valence-electron chi connectivity index (χ3n) is 4.84. The highest BCUT2D eigenvalue weighted by atomic mass is 32.2. The lowest BCUT2D eigenvalue weighted by Gasteiger charge is -2.31. The van der Waals surface area contributed by atoms with E-state index in [1.807, 2.05) is 24.3 Å². The molecule has 1 saturated heterocycles. The number of benzene rings is 2. The van der Waals surface area contributed by atoms with Gasteiger partial charge in [-0.15, -0.1) is 0 Å². The number of rotatable bonds is 5. The third kappa shape index (κ3) is 4.54. The smallest absolute Gasteiger partial charge is 0.243 e. The molecule has 0 unspecified atom stereocenters. The van der Waals surface area contributed by atoms with E-state index in [1.54, 1.807) is 0 Å². The van der Waals surface area contributed by atoms with E-state index >= 15 is 0 Å². The molecule has 0 saturated carbocycles. The molecular formula is C20H23FN2O3S. The lowest BCUT2D eigenvalue weighted by Crippen LogP contribution is -2.43. The van der Waals surface area contributed by atoms with E-state index < -0.39 is 21.8 Å². The summed E-state index contributed by atoms with van der Waals surface area (Å²) in [6.45, 7) is 2.54. The highest BCUT2D eigenvalue weighted by molar-refractivity contribution is 7.89. The summed E-state index contributed by atoms with van der Waals surface area (Å²) in [5.41, 5.74) is 1.89. The van der Waals surface area contributed by atoms with Gasteiger partial charge in [-0.25, -0.2) is 12.8 Å². The predicted molar refractivity (Wildman–Crippen MR) is 102 cm³/mol. The number of nitrogens with zero attached hydrogens (tertiary/aromatic N) is 1. The number of hydrogen-bond donors (Lipinski definition) is 1. The maximum Gasteiger partial charge on any atom is 0.243 e. The molecule has 0 spiro atoms. The fraction of sp³-hybridized carbons (Fsp3) is 0.350. The number of hydrogen-bond acceptors (Lipinski definition) is 3. The molecule has 27 heavy (non-hydrogen) atoms. The third-order valence-corrected chi connectivity index (χ3v) is 6.72. The average molecular weight is 390 g/mol. The summed E-state index contributed by atoms with van der Waals surface area (Å²) in [4.78, 5) is 12.6. The molecule has 7 heteroatoms. The molecular weight excluding hydrogens is 367 g/mol. The van der Waals surface area contributed by atoms with Gasteiger partial charge in [0.25, 0.3) is 0 Å². The van der Waals surface area contributed by atoms with Crippen LogP contribution in [-0.2, 0) is 21.2 Å². The number of carbonyl (C=O) groups is 1. The summed E-state index contributed by atoms with van der Waals surface area (Å²) in [5.74, 6) is -1.09. The predicted octanol–water partition coefficient (Wildman–Crippen LogP) is 3.43. The van der Waals surface area contributed by atoms with Gasteiger partial charge >= 0.3 is 0 Å². The lowest BCUT2D eigenvalue weighted by molar-refractivity contribution is -0.120. The Morgan fingerprint density at radius 2 is 1.81 bits per heavy atom. The Bertz CT molecular complexity index is 896. The maximum atomic E-state index is 13.1. The Labute approximate surface area is 159 Å². The first kappa shape index (κ1) is 19.5. The summed E-state index contributed by atoms with van der Waals surface area (Å²) in [7, 11) is -3.74. The molecule has 2 aromatic carbocycles. The second kappa shape index (κ2) is 8.19. The van der Waals surface area contributed by atoms with Gasteiger partial charge in [0.05, 0.1) is 10.8 Å². The summed E-state index contributed by atoms with van der Waals surface area (Å²) in [6, 6.07) is 12.4. The van der Waals surface area contributed by atoms with Crippen LogP contribution in [0.5, 0.6) is 0 Å². The minimum atomic E-state index is -3.74. The van der Waals surface area contributed by atoms with E-state index in [-0.39, 0.29) is 17.3 Å². The summed E-state index contributed by atoms with van der Waals surface area (Å²) < 4.78 is 39.9. The molecule has 1 amide bonds. The van der Waals surface area contributed by atoms with Crippen molar-refractivity contribution in [3.05, 3.63) is 59.9 Å². The zero-order valence-corrected chi connectivity index (χ0v) is 16.0. The summed E-state index contributed by atoms with van der Waals surface area (Å²) in [5, 5.41) is 2.87. The van der Waals surface area contributed by atoms with Gasteiger partial charge in [-0.3, -0.25) is 4.79 Å². The standard InChI is InChI=1S/C20H23FN2O3S/c1-2-15-5-9-18(10-6-15)22-20(24)16-4-3-13-23(14-16)27(25,26)19-11-7-17(21)8-12-19/h5-12,16H,2-4,13-14H2,1H3,(H,22,24)/t16-/m0/s1. The van der Waals surface area contributed by atoms with Crippen molar-refractivity contribution in [3.63, 3.8) is 0 Å². The number of piperidine rings is 1. The Kier molecular flexibility index (Phi) is 5.92. The molecule has 0 radical (unpaired) electrons. The second-order valence-electron chi connectivity index (χ2n) is 6.70. The van der Waals surface area contributed by atoms with Gasteiger partial charge in [0.1, 0.15) is 5.82 Å². The quantitative estimate of drug-likeness (QED) is 0.851. The minimum absolute atomic E-state index is 0.0418. The molecule has 1 fully saturated rings. The van der Waals surface area contributed by atoms with Gasteiger partial charge in [0.2, 0.25) is 15.9 Å². The molecule has 1 aliphatic rings. The number of sulfonamides is 1. The molecule has 0 aliphatic carbocycles. The Balaban J connectivity index is 1.69. The Hall–Kier alpha value is -2.25. The van der Waals surface area contributed by atoms with Crippen LogP contribution < -0.4 is 5.32 Å². The fourth-order valence-electron chi connectivity index (χ4n) is 3.20. The van der Waals surface area contributed by atoms with Crippen LogP contribution in [0.15, 0.2) is 53.4 Å². The van der Waals surface area contributed by atoms with E-state index in [9.17, 15) is 17.6 Å². The van der Waals surface area contributed by atoms with Crippen molar-refractivity contribution in [1.82, 2.24) is 4.31 Å². The van der Waals surface area contributed by atoms with Crippen LogP contribution in [0.4, 0.5) is 10.1 Å². The van der Waals surface area contributed by atoms with Crippen LogP contribution in [0.2, 0.25) is 0 Å². The van der Waals surface area contributed by atoms with E-state index in [0.717, 1.165) is 18.6 Å². The molecule has 1 heterocycles. The number of nitrogens with one attached hydrogen (secondary N) is 1. The summed E-state index contributed by atoms with van der Waals surface area (Å²) in [6.07, 6.45) is 2.16. The van der Waals surface area contributed by atoms with Gasteiger partial charge in [0.15, 0.2) is 0 Å². The van der Waals surface area contributed by atoms with Crippen LogP contribution >= 0.6 is 0 Å². The van der Waals surface area contributed by atoms with Crippen LogP contribution in [-0.4, -0.2) is 31.7 Å². The molecule has 144 valence electrons. The normalized spacial score (nSPS) is 18.2. The Morgan fingerprint density at radius 3 is 2.44 bits per heavy atom. The van der Waals surface area contributed by atoms with E-state index in [4.69, 9.17) is 0 Å². The van der Waals surface area contributed by atoms with Gasteiger partial charge in [-0.05, 0) is 61.2 Å². The van der Waals surface area contributed by atoms with Crippen molar-refractivity contribution in [2.45, 2.75) is 31.1 Å². The molecule has 1 N–H and O–H groups in total. The largest absolute Gasteiger partial charge is 0.326 e. The van der Waals surface area contributed by atoms with E-state index in [0.29, 0.717) is 25.1 Å². The van der Waals surface area contributed by atoms with E-state index in [1.165, 1.54) is 22.0 Å². The van der Waals surface area contributed by atoms with Crippen LogP contribution in [0.3, 0.4) is 0 Å². The topological polar surface area (TPSA) is 66.5 Å². The zero-order chi connectivity index (χ0) is 19.4. The molecule has 1 aliphatic heterocycles. The SMILES string of the molecule is CCc1ccc(NC(=O)[C@H]2CCCN(S(=O)(=O)c3ccc(F)cc3)C2)cc1. The van der Waals surface area contributed by atoms with Gasteiger partial charge < -0.3 is 5.32 Å². The molecule has 3 rings (SSSR count). The first-order valence-electron chi connectivity index (χ1n) is 9.05. The average Bonchev–Trinajstić information content (AvgIpc) is 2.69. The number of anilines is 1. The fourth-order valence-corrected chi connectivity index (χ4v) is 4.72. The number of halogens is 1. The van der Waals surface area contributed by atoms with Gasteiger partial charge in [0, 0.05) is 18.8 Å². The second-order valence-corrected chi connectivity index (χ2v) is 8.63. The lowest BCUT2D eigenvalue weighted by atomic mass is 9.98. The number of aryl methyl sites for hydroxylation is 1. The molecule has 0 bridgehead atoms.